The maximum atomic E-state index is 11.9. The molecule has 4 heteroatoms. The molecule has 1 aliphatic heterocycles. The van der Waals surface area contributed by atoms with Crippen molar-refractivity contribution in [3.8, 4) is 0 Å². The Morgan fingerprint density at radius 3 is 2.52 bits per heavy atom. The second kappa shape index (κ2) is 7.62. The highest BCUT2D eigenvalue weighted by Crippen LogP contribution is 2.21. The van der Waals surface area contributed by atoms with E-state index in [0.29, 0.717) is 25.6 Å². The molecule has 0 atom stereocenters. The number of piperidine rings is 1. The fourth-order valence-corrected chi connectivity index (χ4v) is 2.67. The average Bonchev–Trinajstić information content (AvgIpc) is 2.53. The molecule has 0 spiro atoms. The van der Waals surface area contributed by atoms with Crippen LogP contribution < -0.4 is 5.32 Å². The van der Waals surface area contributed by atoms with Gasteiger partial charge in [0.1, 0.15) is 0 Å². The van der Waals surface area contributed by atoms with E-state index in [1.165, 1.54) is 5.56 Å². The first-order chi connectivity index (χ1) is 10.2. The molecule has 0 aliphatic carbocycles. The Bertz CT molecular complexity index is 491. The molecule has 0 aromatic heterocycles. The van der Waals surface area contributed by atoms with Gasteiger partial charge in [0.2, 0.25) is 0 Å². The summed E-state index contributed by atoms with van der Waals surface area (Å²) < 4.78 is 0. The molecule has 1 aliphatic rings. The fraction of sp³-hybridized carbons (Fsp3) is 0.412. The number of likely N-dealkylation sites (tertiary alicyclic amines) is 1. The zero-order valence-corrected chi connectivity index (χ0v) is 12.3. The Morgan fingerprint density at radius 1 is 1.24 bits per heavy atom. The number of carbonyl (C=O) groups excluding carboxylic acids is 2. The van der Waals surface area contributed by atoms with E-state index in [2.05, 4.69) is 36.2 Å². The third-order valence-electron chi connectivity index (χ3n) is 3.87. The third kappa shape index (κ3) is 4.45. The molecule has 1 N–H and O–H groups in total. The molecule has 0 radical (unpaired) electrons. The summed E-state index contributed by atoms with van der Waals surface area (Å²) in [5.74, 6) is -0.362. The molecule has 4 nitrogen and oxygen atoms in total. The quantitative estimate of drug-likeness (QED) is 0.677. The molecule has 0 saturated carbocycles. The lowest BCUT2D eigenvalue weighted by atomic mass is 9.90. The van der Waals surface area contributed by atoms with Crippen LogP contribution in [0, 0.1) is 5.92 Å². The van der Waals surface area contributed by atoms with Gasteiger partial charge in [0.25, 0.3) is 0 Å². The smallest absolute Gasteiger partial charge is 0.311 e. The summed E-state index contributed by atoms with van der Waals surface area (Å²) in [7, 11) is 0. The minimum Gasteiger partial charge on any atom is -0.344 e. The molecule has 2 rings (SSSR count). The normalized spacial score (nSPS) is 15.5. The van der Waals surface area contributed by atoms with E-state index in [1.807, 2.05) is 6.07 Å². The highest BCUT2D eigenvalue weighted by atomic mass is 16.2. The van der Waals surface area contributed by atoms with E-state index >= 15 is 0 Å². The Balaban J connectivity index is 1.79. The molecule has 112 valence electrons. The standard InChI is InChI=1S/C17H22N2O2/c1-2-10-18-16(20)17(21)19-11-8-15(9-12-19)13-14-6-4-3-5-7-14/h2-7,15H,1,8-13H2,(H,18,20). The molecule has 1 aromatic carbocycles. The van der Waals surface area contributed by atoms with Crippen molar-refractivity contribution >= 4 is 11.8 Å². The third-order valence-corrected chi connectivity index (χ3v) is 3.87. The predicted octanol–water partition coefficient (Wildman–Crippen LogP) is 1.77. The number of amides is 2. The van der Waals surface area contributed by atoms with Crippen LogP contribution in [0.15, 0.2) is 43.0 Å². The summed E-state index contributed by atoms with van der Waals surface area (Å²) in [6.45, 7) is 5.17. The van der Waals surface area contributed by atoms with Gasteiger partial charge in [-0.15, -0.1) is 6.58 Å². The molecule has 2 amide bonds. The van der Waals surface area contributed by atoms with Gasteiger partial charge in [-0.2, -0.15) is 0 Å². The van der Waals surface area contributed by atoms with Crippen LogP contribution >= 0.6 is 0 Å². The molecule has 21 heavy (non-hydrogen) atoms. The maximum absolute atomic E-state index is 11.9. The Hall–Kier alpha value is -2.10. The van der Waals surface area contributed by atoms with Crippen molar-refractivity contribution in [2.45, 2.75) is 19.3 Å². The van der Waals surface area contributed by atoms with E-state index in [-0.39, 0.29) is 0 Å². The molecule has 0 bridgehead atoms. The summed E-state index contributed by atoms with van der Waals surface area (Å²) in [6.07, 6.45) is 4.52. The lowest BCUT2D eigenvalue weighted by Crippen LogP contribution is -2.46. The van der Waals surface area contributed by atoms with Crippen LogP contribution in [0.4, 0.5) is 0 Å². The van der Waals surface area contributed by atoms with Gasteiger partial charge in [-0.05, 0) is 30.7 Å². The second-order valence-electron chi connectivity index (χ2n) is 5.42. The van der Waals surface area contributed by atoms with Crippen molar-refractivity contribution in [2.75, 3.05) is 19.6 Å². The van der Waals surface area contributed by atoms with Gasteiger partial charge in [0.05, 0.1) is 0 Å². The largest absolute Gasteiger partial charge is 0.344 e. The molecule has 1 fully saturated rings. The molecule has 1 aromatic rings. The maximum Gasteiger partial charge on any atom is 0.311 e. The first-order valence-electron chi connectivity index (χ1n) is 7.42. The van der Waals surface area contributed by atoms with Crippen LogP contribution in [-0.2, 0) is 16.0 Å². The topological polar surface area (TPSA) is 49.4 Å². The highest BCUT2D eigenvalue weighted by Gasteiger charge is 2.26. The summed E-state index contributed by atoms with van der Waals surface area (Å²) in [5.41, 5.74) is 1.34. The number of hydrogen-bond acceptors (Lipinski definition) is 2. The molecular formula is C17H22N2O2. The number of hydrogen-bond donors (Lipinski definition) is 1. The van der Waals surface area contributed by atoms with Gasteiger partial charge in [-0.1, -0.05) is 36.4 Å². The number of nitrogens with one attached hydrogen (secondary N) is 1. The predicted molar refractivity (Wildman–Crippen MR) is 82.7 cm³/mol. The number of carbonyl (C=O) groups is 2. The Labute approximate surface area is 125 Å². The van der Waals surface area contributed by atoms with E-state index in [4.69, 9.17) is 0 Å². The lowest BCUT2D eigenvalue weighted by molar-refractivity contribution is -0.146. The van der Waals surface area contributed by atoms with Gasteiger partial charge >= 0.3 is 11.8 Å². The Kier molecular flexibility index (Phi) is 5.55. The van der Waals surface area contributed by atoms with Crippen LogP contribution in [-0.4, -0.2) is 36.3 Å². The van der Waals surface area contributed by atoms with E-state index in [9.17, 15) is 9.59 Å². The van der Waals surface area contributed by atoms with Crippen LogP contribution in [0.25, 0.3) is 0 Å². The number of nitrogens with zero attached hydrogens (tertiary/aromatic N) is 1. The van der Waals surface area contributed by atoms with Crippen LogP contribution in [0.2, 0.25) is 0 Å². The van der Waals surface area contributed by atoms with Crippen LogP contribution in [0.5, 0.6) is 0 Å². The number of benzene rings is 1. The highest BCUT2D eigenvalue weighted by molar-refractivity contribution is 6.35. The van der Waals surface area contributed by atoms with Crippen molar-refractivity contribution in [2.24, 2.45) is 5.92 Å². The van der Waals surface area contributed by atoms with Gasteiger partial charge in [-0.3, -0.25) is 9.59 Å². The minimum absolute atomic E-state index is 0.328. The summed E-state index contributed by atoms with van der Waals surface area (Å²) in [6, 6.07) is 10.4. The van der Waals surface area contributed by atoms with Crippen molar-refractivity contribution in [3.05, 3.63) is 48.6 Å². The monoisotopic (exact) mass is 286 g/mol. The molecule has 0 unspecified atom stereocenters. The summed E-state index contributed by atoms with van der Waals surface area (Å²) in [5, 5.41) is 2.53. The van der Waals surface area contributed by atoms with Crippen molar-refractivity contribution < 1.29 is 9.59 Å². The van der Waals surface area contributed by atoms with Gasteiger partial charge < -0.3 is 10.2 Å². The molecule has 1 saturated heterocycles. The first kappa shape index (κ1) is 15.3. The average molecular weight is 286 g/mol. The Morgan fingerprint density at radius 2 is 1.90 bits per heavy atom. The van der Waals surface area contributed by atoms with Crippen LogP contribution in [0.3, 0.4) is 0 Å². The van der Waals surface area contributed by atoms with Gasteiger partial charge in [0, 0.05) is 19.6 Å². The molecular weight excluding hydrogens is 264 g/mol. The van der Waals surface area contributed by atoms with Crippen LogP contribution in [0.1, 0.15) is 18.4 Å². The van der Waals surface area contributed by atoms with Gasteiger partial charge in [0.15, 0.2) is 0 Å². The van der Waals surface area contributed by atoms with E-state index in [0.717, 1.165) is 19.3 Å². The number of rotatable bonds is 4. The zero-order chi connectivity index (χ0) is 15.1. The molecule has 1 heterocycles. The lowest BCUT2D eigenvalue weighted by Gasteiger charge is -2.31. The van der Waals surface area contributed by atoms with Crippen molar-refractivity contribution in [3.63, 3.8) is 0 Å². The van der Waals surface area contributed by atoms with E-state index < -0.39 is 11.8 Å². The minimum atomic E-state index is -0.531. The van der Waals surface area contributed by atoms with Crippen molar-refractivity contribution in [1.29, 1.82) is 0 Å². The zero-order valence-electron chi connectivity index (χ0n) is 12.3. The SMILES string of the molecule is C=CCNC(=O)C(=O)N1CCC(Cc2ccccc2)CC1. The van der Waals surface area contributed by atoms with Crippen molar-refractivity contribution in [1.82, 2.24) is 10.2 Å². The fourth-order valence-electron chi connectivity index (χ4n) is 2.67. The first-order valence-corrected chi connectivity index (χ1v) is 7.42. The summed E-state index contributed by atoms with van der Waals surface area (Å²) >= 11 is 0. The van der Waals surface area contributed by atoms with Gasteiger partial charge in [-0.25, -0.2) is 0 Å². The van der Waals surface area contributed by atoms with E-state index in [1.54, 1.807) is 11.0 Å². The second-order valence-corrected chi connectivity index (χ2v) is 5.42. The summed E-state index contributed by atoms with van der Waals surface area (Å²) in [4.78, 5) is 25.2.